The number of hydrogen-bond acceptors (Lipinski definition) is 7. The fourth-order valence-corrected chi connectivity index (χ4v) is 4.51. The van der Waals surface area contributed by atoms with Crippen molar-refractivity contribution in [3.63, 3.8) is 0 Å². The Hall–Kier alpha value is -2.22. The summed E-state index contributed by atoms with van der Waals surface area (Å²) in [6.45, 7) is 14.9. The molecule has 1 fully saturated rings. The van der Waals surface area contributed by atoms with Gasteiger partial charge in [0.2, 0.25) is 0 Å². The lowest BCUT2D eigenvalue weighted by Crippen LogP contribution is -2.45. The van der Waals surface area contributed by atoms with Gasteiger partial charge in [0, 0.05) is 62.9 Å². The van der Waals surface area contributed by atoms with Crippen molar-refractivity contribution in [3.8, 4) is 0 Å². The van der Waals surface area contributed by atoms with E-state index in [0.717, 1.165) is 64.5 Å². The zero-order valence-electron chi connectivity index (χ0n) is 21.4. The summed E-state index contributed by atoms with van der Waals surface area (Å²) in [4.78, 5) is 13.9. The minimum absolute atomic E-state index is 0.00248. The molecule has 0 aromatic heterocycles. The van der Waals surface area contributed by atoms with Crippen LogP contribution in [0.5, 0.6) is 0 Å². The van der Waals surface area contributed by atoms with Gasteiger partial charge in [-0.3, -0.25) is 9.98 Å². The summed E-state index contributed by atoms with van der Waals surface area (Å²) in [5, 5.41) is 7.26. The molecule has 3 rings (SSSR count). The Morgan fingerprint density at radius 2 is 1.97 bits per heavy atom. The first-order valence-electron chi connectivity index (χ1n) is 12.9. The normalized spacial score (nSPS) is 20.2. The first kappa shape index (κ1) is 26.4. The van der Waals surface area contributed by atoms with Gasteiger partial charge in [0.1, 0.15) is 0 Å². The van der Waals surface area contributed by atoms with Crippen molar-refractivity contribution in [2.24, 2.45) is 9.98 Å². The second-order valence-electron chi connectivity index (χ2n) is 9.39. The number of nitrogens with one attached hydrogen (secondary N) is 2. The number of ether oxygens (including phenoxy) is 1. The molecule has 188 valence electrons. The van der Waals surface area contributed by atoms with E-state index in [-0.39, 0.29) is 12.1 Å². The van der Waals surface area contributed by atoms with Crippen molar-refractivity contribution in [3.05, 3.63) is 42.2 Å². The van der Waals surface area contributed by atoms with Crippen LogP contribution in [0.25, 0.3) is 0 Å². The minimum atomic E-state index is 0.00248. The summed E-state index contributed by atoms with van der Waals surface area (Å²) in [6.07, 6.45) is 8.32. The number of likely N-dealkylation sites (N-methyl/N-ethyl adjacent to an activating group) is 1. The third-order valence-corrected chi connectivity index (χ3v) is 6.81. The molecule has 34 heavy (non-hydrogen) atoms. The molecule has 0 spiro atoms. The van der Waals surface area contributed by atoms with Gasteiger partial charge in [0.25, 0.3) is 0 Å². The van der Waals surface area contributed by atoms with Gasteiger partial charge in [-0.2, -0.15) is 0 Å². The topological polar surface area (TPSA) is 64.5 Å². The summed E-state index contributed by atoms with van der Waals surface area (Å²) in [7, 11) is 2.12. The number of benzene rings is 1. The summed E-state index contributed by atoms with van der Waals surface area (Å²) in [5.41, 5.74) is 3.58. The predicted molar refractivity (Wildman–Crippen MR) is 144 cm³/mol. The lowest BCUT2D eigenvalue weighted by atomic mass is 9.96. The molecule has 2 aliphatic heterocycles. The molecule has 2 heterocycles. The largest absolute Gasteiger partial charge is 0.378 e. The van der Waals surface area contributed by atoms with Crippen LogP contribution >= 0.6 is 0 Å². The standard InChI is InChI=1S/C27H44N6O/c1-5-6-12-30-22(2)11-13-29-21-27-26(31-14-15-32(27)4)20-25(28-3)23-7-9-24(10-8-23)33-16-18-34-19-17-33/h7-10,14-15,22,25,27,29-30H,3,5-6,11-13,16-21H2,1-2,4H3. The molecule has 3 atom stereocenters. The van der Waals surface area contributed by atoms with Crippen molar-refractivity contribution >= 4 is 18.1 Å². The van der Waals surface area contributed by atoms with E-state index in [2.05, 4.69) is 83.5 Å². The highest BCUT2D eigenvalue weighted by atomic mass is 16.5. The van der Waals surface area contributed by atoms with E-state index >= 15 is 0 Å². The van der Waals surface area contributed by atoms with Crippen LogP contribution in [0.2, 0.25) is 0 Å². The van der Waals surface area contributed by atoms with Gasteiger partial charge in [0.05, 0.1) is 25.3 Å². The molecule has 0 saturated carbocycles. The van der Waals surface area contributed by atoms with E-state index in [9.17, 15) is 0 Å². The van der Waals surface area contributed by atoms with Crippen LogP contribution in [-0.2, 0) is 4.74 Å². The van der Waals surface area contributed by atoms with Crippen LogP contribution in [0.15, 0.2) is 46.7 Å². The van der Waals surface area contributed by atoms with Crippen LogP contribution in [0, 0.1) is 0 Å². The molecular weight excluding hydrogens is 424 g/mol. The Bertz CT molecular complexity index is 787. The van der Waals surface area contributed by atoms with Gasteiger partial charge in [0.15, 0.2) is 0 Å². The highest BCUT2D eigenvalue weighted by molar-refractivity contribution is 5.91. The SMILES string of the molecule is C=NC(CC1=NC=CN(C)C1CNCCC(C)NCCCC)c1ccc(N2CCOCC2)cc1. The molecule has 0 bridgehead atoms. The lowest BCUT2D eigenvalue weighted by molar-refractivity contribution is 0.122. The van der Waals surface area contributed by atoms with Crippen molar-refractivity contribution in [1.29, 1.82) is 0 Å². The fourth-order valence-electron chi connectivity index (χ4n) is 4.51. The summed E-state index contributed by atoms with van der Waals surface area (Å²) in [5.74, 6) is 0. The molecular formula is C27H44N6O. The van der Waals surface area contributed by atoms with E-state index in [4.69, 9.17) is 9.73 Å². The summed E-state index contributed by atoms with van der Waals surface area (Å²) in [6, 6.07) is 9.53. The molecule has 0 amide bonds. The minimum Gasteiger partial charge on any atom is -0.378 e. The maximum atomic E-state index is 5.47. The second kappa shape index (κ2) is 14.2. The second-order valence-corrected chi connectivity index (χ2v) is 9.39. The Kier molecular flexibility index (Phi) is 11.1. The molecule has 7 heteroatoms. The van der Waals surface area contributed by atoms with Gasteiger partial charge in [-0.25, -0.2) is 0 Å². The average molecular weight is 469 g/mol. The van der Waals surface area contributed by atoms with E-state index in [1.54, 1.807) is 0 Å². The molecule has 1 saturated heterocycles. The Labute approximate surface area is 206 Å². The van der Waals surface area contributed by atoms with Gasteiger partial charge in [-0.1, -0.05) is 25.5 Å². The first-order valence-corrected chi connectivity index (χ1v) is 12.9. The van der Waals surface area contributed by atoms with Crippen LogP contribution in [0.4, 0.5) is 5.69 Å². The van der Waals surface area contributed by atoms with Crippen molar-refractivity contribution in [2.75, 3.05) is 57.9 Å². The molecule has 2 N–H and O–H groups in total. The van der Waals surface area contributed by atoms with Crippen LogP contribution in [0.1, 0.15) is 51.1 Å². The molecule has 2 aliphatic rings. The number of unbranched alkanes of at least 4 members (excludes halogenated alkanes) is 1. The zero-order valence-corrected chi connectivity index (χ0v) is 21.4. The van der Waals surface area contributed by atoms with Crippen LogP contribution < -0.4 is 15.5 Å². The summed E-state index contributed by atoms with van der Waals surface area (Å²) < 4.78 is 5.47. The Morgan fingerprint density at radius 3 is 2.68 bits per heavy atom. The van der Waals surface area contributed by atoms with Gasteiger partial charge < -0.3 is 25.2 Å². The van der Waals surface area contributed by atoms with E-state index < -0.39 is 0 Å². The van der Waals surface area contributed by atoms with E-state index in [0.29, 0.717) is 6.04 Å². The highest BCUT2D eigenvalue weighted by Gasteiger charge is 2.24. The predicted octanol–water partition coefficient (Wildman–Crippen LogP) is 3.64. The van der Waals surface area contributed by atoms with Crippen molar-refractivity contribution in [1.82, 2.24) is 15.5 Å². The molecule has 0 aliphatic carbocycles. The number of nitrogens with zero attached hydrogens (tertiary/aromatic N) is 4. The number of aliphatic imine (C=N–C) groups is 2. The lowest BCUT2D eigenvalue weighted by Gasteiger charge is -2.32. The van der Waals surface area contributed by atoms with Crippen molar-refractivity contribution in [2.45, 2.75) is 57.7 Å². The van der Waals surface area contributed by atoms with E-state index in [1.807, 2.05) is 6.20 Å². The van der Waals surface area contributed by atoms with Gasteiger partial charge in [-0.05, 0) is 57.3 Å². The van der Waals surface area contributed by atoms with Crippen LogP contribution in [0.3, 0.4) is 0 Å². The number of hydrogen-bond donors (Lipinski definition) is 2. The molecule has 7 nitrogen and oxygen atoms in total. The van der Waals surface area contributed by atoms with E-state index in [1.165, 1.54) is 24.1 Å². The third kappa shape index (κ3) is 7.93. The van der Waals surface area contributed by atoms with Gasteiger partial charge in [-0.15, -0.1) is 0 Å². The average Bonchev–Trinajstić information content (AvgIpc) is 2.87. The first-order chi connectivity index (χ1) is 16.6. The summed E-state index contributed by atoms with van der Waals surface area (Å²) >= 11 is 0. The Morgan fingerprint density at radius 1 is 1.21 bits per heavy atom. The van der Waals surface area contributed by atoms with Crippen LogP contribution in [-0.4, -0.2) is 82.4 Å². The molecule has 1 aromatic rings. The quantitative estimate of drug-likeness (QED) is 0.322. The Balaban J connectivity index is 1.53. The molecule has 0 radical (unpaired) electrons. The number of rotatable bonds is 14. The number of anilines is 1. The maximum absolute atomic E-state index is 5.47. The smallest absolute Gasteiger partial charge is 0.0794 e. The van der Waals surface area contributed by atoms with Crippen molar-refractivity contribution < 1.29 is 4.74 Å². The third-order valence-electron chi connectivity index (χ3n) is 6.81. The number of morpholine rings is 1. The monoisotopic (exact) mass is 468 g/mol. The fraction of sp³-hybridized carbons (Fsp3) is 0.630. The molecule has 1 aromatic carbocycles. The maximum Gasteiger partial charge on any atom is 0.0794 e. The molecule has 3 unspecified atom stereocenters. The van der Waals surface area contributed by atoms with Gasteiger partial charge >= 0.3 is 0 Å². The zero-order chi connectivity index (χ0) is 24.2. The highest BCUT2D eigenvalue weighted by Crippen LogP contribution is 2.27.